The van der Waals surface area contributed by atoms with Crippen molar-refractivity contribution in [2.75, 3.05) is 31.1 Å². The minimum atomic E-state index is 0.382. The van der Waals surface area contributed by atoms with E-state index < -0.39 is 0 Å². The summed E-state index contributed by atoms with van der Waals surface area (Å²) in [5.74, 6) is 2.64. The van der Waals surface area contributed by atoms with Gasteiger partial charge < -0.3 is 15.0 Å². The molecule has 1 heterocycles. The average Bonchev–Trinajstić information content (AvgIpc) is 2.48. The summed E-state index contributed by atoms with van der Waals surface area (Å²) >= 11 is 0. The highest BCUT2D eigenvalue weighted by molar-refractivity contribution is 5.58. The summed E-state index contributed by atoms with van der Waals surface area (Å²) < 4.78 is 6.42. The van der Waals surface area contributed by atoms with Crippen LogP contribution in [0.2, 0.25) is 0 Å². The van der Waals surface area contributed by atoms with Crippen LogP contribution in [0.5, 0.6) is 5.75 Å². The number of ether oxygens (including phenoxy) is 1. The van der Waals surface area contributed by atoms with Gasteiger partial charge in [0.1, 0.15) is 5.75 Å². The number of nitrogens with zero attached hydrogens (tertiary/aromatic N) is 1. The Kier molecular flexibility index (Phi) is 4.69. The number of piperazine rings is 1. The molecule has 1 aromatic carbocycles. The predicted octanol–water partition coefficient (Wildman–Crippen LogP) is 3.30. The van der Waals surface area contributed by atoms with Crippen LogP contribution in [0.3, 0.4) is 0 Å². The number of hydrogen-bond donors (Lipinski definition) is 1. The van der Waals surface area contributed by atoms with Crippen LogP contribution >= 0.6 is 0 Å². The molecular weight excluding hydrogens is 260 g/mol. The van der Waals surface area contributed by atoms with E-state index >= 15 is 0 Å². The lowest BCUT2D eigenvalue weighted by atomic mass is 9.82. The van der Waals surface area contributed by atoms with Gasteiger partial charge in [0.05, 0.1) is 11.8 Å². The van der Waals surface area contributed by atoms with Crippen molar-refractivity contribution in [2.24, 2.45) is 11.8 Å². The second-order valence-electron chi connectivity index (χ2n) is 6.86. The maximum Gasteiger partial charge on any atom is 0.143 e. The highest BCUT2D eigenvalue weighted by atomic mass is 16.5. The summed E-state index contributed by atoms with van der Waals surface area (Å²) in [7, 11) is 0. The Hall–Kier alpha value is -1.22. The number of rotatable bonds is 3. The van der Waals surface area contributed by atoms with Crippen LogP contribution in [0.15, 0.2) is 24.3 Å². The van der Waals surface area contributed by atoms with E-state index in [4.69, 9.17) is 4.74 Å². The van der Waals surface area contributed by atoms with Gasteiger partial charge in [0.2, 0.25) is 0 Å². The summed E-state index contributed by atoms with van der Waals surface area (Å²) in [6, 6.07) is 8.56. The summed E-state index contributed by atoms with van der Waals surface area (Å²) in [5, 5.41) is 3.41. The van der Waals surface area contributed by atoms with Crippen molar-refractivity contribution in [1.29, 1.82) is 0 Å². The molecule has 1 N–H and O–H groups in total. The van der Waals surface area contributed by atoms with Crippen molar-refractivity contribution in [1.82, 2.24) is 5.32 Å². The Morgan fingerprint density at radius 2 is 1.67 bits per heavy atom. The minimum Gasteiger partial charge on any atom is -0.488 e. The first kappa shape index (κ1) is 14.7. The highest BCUT2D eigenvalue weighted by Crippen LogP contribution is 2.35. The van der Waals surface area contributed by atoms with Gasteiger partial charge in [-0.05, 0) is 43.2 Å². The van der Waals surface area contributed by atoms with Crippen molar-refractivity contribution in [3.8, 4) is 5.75 Å². The van der Waals surface area contributed by atoms with Crippen LogP contribution < -0.4 is 15.0 Å². The van der Waals surface area contributed by atoms with Gasteiger partial charge in [0.25, 0.3) is 0 Å². The molecule has 1 aliphatic heterocycles. The third-order valence-electron chi connectivity index (χ3n) is 4.75. The van der Waals surface area contributed by atoms with Crippen LogP contribution in [-0.4, -0.2) is 32.3 Å². The first-order valence-corrected chi connectivity index (χ1v) is 8.43. The summed E-state index contributed by atoms with van der Waals surface area (Å²) in [6.45, 7) is 8.97. The second kappa shape index (κ2) is 6.69. The van der Waals surface area contributed by atoms with Gasteiger partial charge in [-0.2, -0.15) is 0 Å². The Bertz CT molecular complexity index is 446. The zero-order chi connectivity index (χ0) is 14.7. The summed E-state index contributed by atoms with van der Waals surface area (Å²) in [5.41, 5.74) is 1.27. The van der Waals surface area contributed by atoms with Crippen molar-refractivity contribution in [2.45, 2.75) is 39.2 Å². The van der Waals surface area contributed by atoms with Gasteiger partial charge in [-0.1, -0.05) is 26.0 Å². The van der Waals surface area contributed by atoms with Crippen molar-refractivity contribution in [3.05, 3.63) is 24.3 Å². The molecule has 0 radical (unpaired) electrons. The Morgan fingerprint density at radius 1 is 1.00 bits per heavy atom. The molecule has 116 valence electrons. The lowest BCUT2D eigenvalue weighted by Crippen LogP contribution is -2.43. The molecule has 1 aromatic rings. The van der Waals surface area contributed by atoms with E-state index in [-0.39, 0.29) is 0 Å². The molecule has 3 nitrogen and oxygen atoms in total. The normalized spacial score (nSPS) is 30.2. The van der Waals surface area contributed by atoms with E-state index in [9.17, 15) is 0 Å². The van der Waals surface area contributed by atoms with Gasteiger partial charge in [0.15, 0.2) is 0 Å². The summed E-state index contributed by atoms with van der Waals surface area (Å²) in [6.07, 6.45) is 4.12. The third-order valence-corrected chi connectivity index (χ3v) is 4.75. The monoisotopic (exact) mass is 288 g/mol. The largest absolute Gasteiger partial charge is 0.488 e. The van der Waals surface area contributed by atoms with E-state index in [1.807, 2.05) is 0 Å². The number of nitrogens with one attached hydrogen (secondary N) is 1. The average molecular weight is 288 g/mol. The minimum absolute atomic E-state index is 0.382. The molecule has 21 heavy (non-hydrogen) atoms. The Morgan fingerprint density at radius 3 is 2.38 bits per heavy atom. The quantitative estimate of drug-likeness (QED) is 0.923. The fourth-order valence-electron chi connectivity index (χ4n) is 3.87. The first-order valence-electron chi connectivity index (χ1n) is 8.43. The molecular formula is C18H28N2O. The molecule has 3 rings (SSSR count). The Balaban J connectivity index is 1.72. The van der Waals surface area contributed by atoms with Gasteiger partial charge in [-0.15, -0.1) is 0 Å². The van der Waals surface area contributed by atoms with Crippen molar-refractivity contribution >= 4 is 5.69 Å². The standard InChI is InChI=1S/C18H28N2O/c1-14-11-15(2)13-16(12-14)21-18-6-4-3-5-17(18)20-9-7-19-8-10-20/h3-6,14-16,19H,7-13H2,1-2H3. The molecule has 0 spiro atoms. The molecule has 2 fully saturated rings. The summed E-state index contributed by atoms with van der Waals surface area (Å²) in [4.78, 5) is 2.45. The molecule has 0 amide bonds. The van der Waals surface area contributed by atoms with Gasteiger partial charge in [0, 0.05) is 26.2 Å². The molecule has 2 unspecified atom stereocenters. The number of hydrogen-bond acceptors (Lipinski definition) is 3. The van der Waals surface area contributed by atoms with Crippen LogP contribution in [0.25, 0.3) is 0 Å². The molecule has 1 aliphatic carbocycles. The Labute approximate surface area is 128 Å². The van der Waals surface area contributed by atoms with Crippen LogP contribution in [0, 0.1) is 11.8 Å². The van der Waals surface area contributed by atoms with E-state index in [0.717, 1.165) is 43.8 Å². The maximum absolute atomic E-state index is 6.42. The van der Waals surface area contributed by atoms with E-state index in [1.54, 1.807) is 0 Å². The molecule has 1 saturated carbocycles. The number of anilines is 1. The predicted molar refractivity (Wildman–Crippen MR) is 88.1 cm³/mol. The smallest absolute Gasteiger partial charge is 0.143 e. The van der Waals surface area contributed by atoms with Crippen LogP contribution in [-0.2, 0) is 0 Å². The van der Waals surface area contributed by atoms with Gasteiger partial charge in [-0.25, -0.2) is 0 Å². The van der Waals surface area contributed by atoms with Crippen molar-refractivity contribution in [3.63, 3.8) is 0 Å². The molecule has 0 bridgehead atoms. The third kappa shape index (κ3) is 3.70. The lowest BCUT2D eigenvalue weighted by molar-refractivity contribution is 0.101. The van der Waals surface area contributed by atoms with E-state index in [0.29, 0.717) is 6.10 Å². The molecule has 2 atom stereocenters. The maximum atomic E-state index is 6.42. The van der Waals surface area contributed by atoms with Gasteiger partial charge in [-0.3, -0.25) is 0 Å². The van der Waals surface area contributed by atoms with Crippen molar-refractivity contribution < 1.29 is 4.74 Å². The fraction of sp³-hybridized carbons (Fsp3) is 0.667. The molecule has 1 saturated heterocycles. The van der Waals surface area contributed by atoms with Crippen LogP contribution in [0.4, 0.5) is 5.69 Å². The zero-order valence-corrected chi connectivity index (χ0v) is 13.3. The fourth-order valence-corrected chi connectivity index (χ4v) is 3.87. The molecule has 0 aromatic heterocycles. The molecule has 2 aliphatic rings. The number of benzene rings is 1. The van der Waals surface area contributed by atoms with E-state index in [2.05, 4.69) is 48.3 Å². The van der Waals surface area contributed by atoms with Crippen LogP contribution in [0.1, 0.15) is 33.1 Å². The first-order chi connectivity index (χ1) is 10.2. The number of para-hydroxylation sites is 2. The second-order valence-corrected chi connectivity index (χ2v) is 6.86. The highest BCUT2D eigenvalue weighted by Gasteiger charge is 2.26. The molecule has 3 heteroatoms. The topological polar surface area (TPSA) is 24.5 Å². The van der Waals surface area contributed by atoms with Gasteiger partial charge >= 0.3 is 0 Å². The van der Waals surface area contributed by atoms with E-state index in [1.165, 1.54) is 24.9 Å². The SMILES string of the molecule is CC1CC(C)CC(Oc2ccccc2N2CCNCC2)C1. The lowest BCUT2D eigenvalue weighted by Gasteiger charge is -2.34. The zero-order valence-electron chi connectivity index (χ0n) is 13.3.